The third-order valence-corrected chi connectivity index (χ3v) is 5.18. The van der Waals surface area contributed by atoms with E-state index in [1.165, 1.54) is 4.90 Å². The van der Waals surface area contributed by atoms with Gasteiger partial charge in [0.1, 0.15) is 5.75 Å². The number of benzene rings is 3. The van der Waals surface area contributed by atoms with Crippen molar-refractivity contribution in [3.63, 3.8) is 0 Å². The van der Waals surface area contributed by atoms with Gasteiger partial charge in [-0.05, 0) is 53.2 Å². The molecule has 0 aliphatic carbocycles. The average molecular weight is 375 g/mol. The molecule has 0 N–H and O–H groups in total. The maximum absolute atomic E-state index is 13.0. The van der Waals surface area contributed by atoms with Crippen molar-refractivity contribution in [2.45, 2.75) is 6.92 Å². The van der Waals surface area contributed by atoms with E-state index in [-0.39, 0.29) is 11.1 Å². The first kappa shape index (κ1) is 17.4. The normalized spacial score (nSPS) is 15.7. The fourth-order valence-electron chi connectivity index (χ4n) is 3.11. The van der Waals surface area contributed by atoms with Gasteiger partial charge in [-0.2, -0.15) is 0 Å². The number of thioether (sulfide) groups is 1. The molecule has 5 heteroatoms. The summed E-state index contributed by atoms with van der Waals surface area (Å²) in [7, 11) is 0. The van der Waals surface area contributed by atoms with Crippen molar-refractivity contribution in [3.05, 3.63) is 77.2 Å². The molecule has 0 bridgehead atoms. The van der Waals surface area contributed by atoms with Gasteiger partial charge in [0, 0.05) is 0 Å². The SMILES string of the molecule is CCOc1ccccc1N1C(=O)S/C(=C\c2cccc3ccccc23)C1=O. The summed E-state index contributed by atoms with van der Waals surface area (Å²) >= 11 is 0.950. The number of imide groups is 1. The van der Waals surface area contributed by atoms with Crippen LogP contribution in [0.5, 0.6) is 5.75 Å². The molecule has 1 aliphatic heterocycles. The van der Waals surface area contributed by atoms with Gasteiger partial charge < -0.3 is 4.74 Å². The third kappa shape index (κ3) is 3.22. The van der Waals surface area contributed by atoms with Crippen LogP contribution in [0.3, 0.4) is 0 Å². The average Bonchev–Trinajstić information content (AvgIpc) is 2.96. The van der Waals surface area contributed by atoms with Gasteiger partial charge in [-0.1, -0.05) is 54.6 Å². The van der Waals surface area contributed by atoms with E-state index in [0.717, 1.165) is 28.1 Å². The second-order valence-corrected chi connectivity index (χ2v) is 6.98. The van der Waals surface area contributed by atoms with E-state index in [9.17, 15) is 9.59 Å². The number of para-hydroxylation sites is 2. The summed E-state index contributed by atoms with van der Waals surface area (Å²) in [5, 5.41) is 1.81. The highest BCUT2D eigenvalue weighted by molar-refractivity contribution is 8.19. The van der Waals surface area contributed by atoms with E-state index < -0.39 is 0 Å². The fraction of sp³-hybridized carbons (Fsp3) is 0.0909. The van der Waals surface area contributed by atoms with Gasteiger partial charge in [-0.3, -0.25) is 9.59 Å². The number of nitrogens with zero attached hydrogens (tertiary/aromatic N) is 1. The molecule has 4 rings (SSSR count). The molecule has 1 fully saturated rings. The Hall–Kier alpha value is -3.05. The highest BCUT2D eigenvalue weighted by atomic mass is 32.2. The molecule has 0 spiro atoms. The number of ether oxygens (including phenoxy) is 1. The molecule has 0 radical (unpaired) electrons. The minimum atomic E-state index is -0.329. The van der Waals surface area contributed by atoms with E-state index >= 15 is 0 Å². The van der Waals surface area contributed by atoms with Crippen LogP contribution >= 0.6 is 11.8 Å². The molecule has 3 aromatic carbocycles. The minimum Gasteiger partial charge on any atom is -0.492 e. The monoisotopic (exact) mass is 375 g/mol. The van der Waals surface area contributed by atoms with Crippen molar-refractivity contribution in [1.82, 2.24) is 0 Å². The van der Waals surface area contributed by atoms with Crippen LogP contribution in [0.25, 0.3) is 16.8 Å². The third-order valence-electron chi connectivity index (χ3n) is 4.31. The maximum Gasteiger partial charge on any atom is 0.298 e. The van der Waals surface area contributed by atoms with Crippen molar-refractivity contribution in [2.24, 2.45) is 0 Å². The highest BCUT2D eigenvalue weighted by Crippen LogP contribution is 2.40. The number of fused-ring (bicyclic) bond motifs is 1. The number of rotatable bonds is 4. The molecule has 27 heavy (non-hydrogen) atoms. The standard InChI is InChI=1S/C22H17NO3S/c1-2-26-19-13-6-5-12-18(19)23-21(24)20(27-22(23)25)14-16-10-7-9-15-8-3-4-11-17(15)16/h3-14H,2H2,1H3/b20-14-. The molecule has 3 aromatic rings. The topological polar surface area (TPSA) is 46.6 Å². The number of anilines is 1. The first-order chi connectivity index (χ1) is 13.2. The Morgan fingerprint density at radius 2 is 1.70 bits per heavy atom. The smallest absolute Gasteiger partial charge is 0.298 e. The quantitative estimate of drug-likeness (QED) is 0.567. The van der Waals surface area contributed by atoms with Gasteiger partial charge in [0.05, 0.1) is 17.2 Å². The Labute approximate surface area is 161 Å². The molecule has 134 valence electrons. The van der Waals surface area contributed by atoms with Crippen LogP contribution in [0.15, 0.2) is 71.6 Å². The Balaban J connectivity index is 1.74. The first-order valence-electron chi connectivity index (χ1n) is 8.66. The van der Waals surface area contributed by atoms with Crippen molar-refractivity contribution in [1.29, 1.82) is 0 Å². The zero-order valence-electron chi connectivity index (χ0n) is 14.7. The molecular formula is C22H17NO3S. The highest BCUT2D eigenvalue weighted by Gasteiger charge is 2.37. The van der Waals surface area contributed by atoms with Crippen LogP contribution in [-0.2, 0) is 4.79 Å². The Morgan fingerprint density at radius 1 is 0.963 bits per heavy atom. The molecular weight excluding hydrogens is 358 g/mol. The molecule has 4 nitrogen and oxygen atoms in total. The number of amides is 2. The predicted octanol–water partition coefficient (Wildman–Crippen LogP) is 5.48. The van der Waals surface area contributed by atoms with Crippen molar-refractivity contribution in [3.8, 4) is 5.75 Å². The molecule has 0 saturated carbocycles. The predicted molar refractivity (Wildman–Crippen MR) is 110 cm³/mol. The number of hydrogen-bond acceptors (Lipinski definition) is 4. The van der Waals surface area contributed by atoms with Crippen molar-refractivity contribution in [2.75, 3.05) is 11.5 Å². The summed E-state index contributed by atoms with van der Waals surface area (Å²) in [4.78, 5) is 27.1. The Kier molecular flexibility index (Phi) is 4.69. The zero-order chi connectivity index (χ0) is 18.8. The van der Waals surface area contributed by atoms with Gasteiger partial charge in [-0.25, -0.2) is 4.90 Å². The second kappa shape index (κ2) is 7.29. The molecule has 0 atom stereocenters. The van der Waals surface area contributed by atoms with Crippen LogP contribution in [-0.4, -0.2) is 17.8 Å². The van der Waals surface area contributed by atoms with E-state index in [1.807, 2.05) is 55.5 Å². The van der Waals surface area contributed by atoms with Gasteiger partial charge in [0.25, 0.3) is 11.1 Å². The Morgan fingerprint density at radius 3 is 2.56 bits per heavy atom. The van der Waals surface area contributed by atoms with Gasteiger partial charge in [0.15, 0.2) is 0 Å². The van der Waals surface area contributed by atoms with E-state index in [4.69, 9.17) is 4.74 Å². The minimum absolute atomic E-state index is 0.321. The number of hydrogen-bond donors (Lipinski definition) is 0. The van der Waals surface area contributed by atoms with E-state index in [1.54, 1.807) is 24.3 Å². The molecule has 1 heterocycles. The maximum atomic E-state index is 13.0. The van der Waals surface area contributed by atoms with Crippen molar-refractivity contribution >= 4 is 45.4 Å². The Bertz CT molecular complexity index is 1070. The lowest BCUT2D eigenvalue weighted by molar-refractivity contribution is -0.113. The van der Waals surface area contributed by atoms with E-state index in [0.29, 0.717) is 22.9 Å². The zero-order valence-corrected chi connectivity index (χ0v) is 15.5. The molecule has 0 unspecified atom stereocenters. The molecule has 2 amide bonds. The van der Waals surface area contributed by atoms with Gasteiger partial charge in [-0.15, -0.1) is 0 Å². The molecule has 1 saturated heterocycles. The van der Waals surface area contributed by atoms with Crippen LogP contribution in [0.1, 0.15) is 12.5 Å². The second-order valence-electron chi connectivity index (χ2n) is 5.99. The summed E-state index contributed by atoms with van der Waals surface area (Å²) in [5.41, 5.74) is 1.39. The van der Waals surface area contributed by atoms with Crippen molar-refractivity contribution < 1.29 is 14.3 Å². The van der Waals surface area contributed by atoms with Crippen LogP contribution in [0, 0.1) is 0 Å². The number of carbonyl (C=O) groups is 2. The molecule has 1 aliphatic rings. The lowest BCUT2D eigenvalue weighted by Crippen LogP contribution is -2.28. The fourth-order valence-corrected chi connectivity index (χ4v) is 3.94. The van der Waals surface area contributed by atoms with Crippen LogP contribution < -0.4 is 9.64 Å². The van der Waals surface area contributed by atoms with Crippen LogP contribution in [0.4, 0.5) is 10.5 Å². The van der Waals surface area contributed by atoms with Gasteiger partial charge in [0.2, 0.25) is 0 Å². The largest absolute Gasteiger partial charge is 0.492 e. The lowest BCUT2D eigenvalue weighted by Gasteiger charge is -2.16. The summed E-state index contributed by atoms with van der Waals surface area (Å²) in [6.07, 6.45) is 1.79. The summed E-state index contributed by atoms with van der Waals surface area (Å²) in [6.45, 7) is 2.32. The lowest BCUT2D eigenvalue weighted by atomic mass is 10.0. The van der Waals surface area contributed by atoms with E-state index in [2.05, 4.69) is 0 Å². The molecule has 0 aromatic heterocycles. The summed E-state index contributed by atoms with van der Waals surface area (Å²) in [6, 6.07) is 21.0. The summed E-state index contributed by atoms with van der Waals surface area (Å²) in [5.74, 6) is 0.193. The van der Waals surface area contributed by atoms with Gasteiger partial charge >= 0.3 is 0 Å². The number of carbonyl (C=O) groups excluding carboxylic acids is 2. The summed E-state index contributed by atoms with van der Waals surface area (Å²) < 4.78 is 5.58. The van der Waals surface area contributed by atoms with Crippen LogP contribution in [0.2, 0.25) is 0 Å². The first-order valence-corrected chi connectivity index (χ1v) is 9.48.